The van der Waals surface area contributed by atoms with Gasteiger partial charge in [-0.3, -0.25) is 9.59 Å². The zero-order valence-electron chi connectivity index (χ0n) is 17.9. The number of fused-ring (bicyclic) bond motifs is 1. The molecule has 0 spiro atoms. The van der Waals surface area contributed by atoms with Crippen molar-refractivity contribution in [3.8, 4) is 5.75 Å². The number of hydrogen-bond donors (Lipinski definition) is 2. The minimum atomic E-state index is -0.326. The van der Waals surface area contributed by atoms with Crippen molar-refractivity contribution >= 4 is 34.5 Å². The van der Waals surface area contributed by atoms with Crippen LogP contribution in [0.3, 0.4) is 0 Å². The van der Waals surface area contributed by atoms with Crippen LogP contribution in [-0.2, 0) is 9.59 Å². The molecule has 0 radical (unpaired) electrons. The smallest absolute Gasteiger partial charge is 0.240 e. The molecule has 6 heteroatoms. The fourth-order valence-electron chi connectivity index (χ4n) is 3.12. The van der Waals surface area contributed by atoms with E-state index in [2.05, 4.69) is 15.8 Å². The first-order valence-electron chi connectivity index (χ1n) is 10.4. The number of ether oxygens (including phenoxy) is 1. The summed E-state index contributed by atoms with van der Waals surface area (Å²) >= 11 is 0. The molecule has 0 bridgehead atoms. The number of nitrogens with zero attached hydrogens (tertiary/aromatic N) is 1. The molecule has 31 heavy (non-hydrogen) atoms. The van der Waals surface area contributed by atoms with Crippen molar-refractivity contribution < 1.29 is 14.3 Å². The summed E-state index contributed by atoms with van der Waals surface area (Å²) < 4.78 is 5.84. The molecular weight excluding hydrogens is 390 g/mol. The van der Waals surface area contributed by atoms with Gasteiger partial charge in [-0.05, 0) is 41.8 Å². The number of para-hydroxylation sites is 1. The average Bonchev–Trinajstić information content (AvgIpc) is 2.78. The number of benzene rings is 3. The van der Waals surface area contributed by atoms with Crippen LogP contribution in [-0.4, -0.2) is 24.6 Å². The van der Waals surface area contributed by atoms with E-state index in [1.54, 1.807) is 6.21 Å². The maximum absolute atomic E-state index is 12.1. The molecule has 0 aliphatic heterocycles. The SMILES string of the molecule is CCCOc1ccc2ccccc2c1C=NNC(=O)CCC(=O)Nc1ccccc1C. The fraction of sp³-hybridized carbons (Fsp3) is 0.240. The van der Waals surface area contributed by atoms with E-state index in [4.69, 9.17) is 4.74 Å². The number of aryl methyl sites for hydroxylation is 1. The Kier molecular flexibility index (Phi) is 7.76. The van der Waals surface area contributed by atoms with Gasteiger partial charge in [-0.15, -0.1) is 0 Å². The number of hydrogen-bond acceptors (Lipinski definition) is 4. The predicted molar refractivity (Wildman–Crippen MR) is 125 cm³/mol. The van der Waals surface area contributed by atoms with Gasteiger partial charge < -0.3 is 10.1 Å². The standard InChI is InChI=1S/C25H27N3O3/c1-3-16-31-23-13-12-19-9-5-6-10-20(19)21(23)17-26-28-25(30)15-14-24(29)27-22-11-7-4-8-18(22)2/h4-13,17H,3,14-16H2,1-2H3,(H,27,29)(H,28,30). The Bertz CT molecular complexity index is 1090. The molecule has 0 aliphatic carbocycles. The first-order chi connectivity index (χ1) is 15.1. The van der Waals surface area contributed by atoms with Crippen molar-refractivity contribution in [1.82, 2.24) is 5.43 Å². The highest BCUT2D eigenvalue weighted by molar-refractivity contribution is 6.02. The van der Waals surface area contributed by atoms with Crippen LogP contribution in [0, 0.1) is 6.92 Å². The van der Waals surface area contributed by atoms with Crippen LogP contribution in [0.4, 0.5) is 5.69 Å². The van der Waals surface area contributed by atoms with Crippen LogP contribution in [0.15, 0.2) is 65.8 Å². The molecule has 0 fully saturated rings. The van der Waals surface area contributed by atoms with Gasteiger partial charge in [-0.1, -0.05) is 55.5 Å². The van der Waals surface area contributed by atoms with Crippen molar-refractivity contribution in [3.05, 3.63) is 71.8 Å². The van der Waals surface area contributed by atoms with E-state index in [9.17, 15) is 9.59 Å². The van der Waals surface area contributed by atoms with Crippen LogP contribution >= 0.6 is 0 Å². The molecule has 0 unspecified atom stereocenters. The molecule has 0 saturated carbocycles. The predicted octanol–water partition coefficient (Wildman–Crippen LogP) is 4.81. The van der Waals surface area contributed by atoms with Crippen LogP contribution in [0.2, 0.25) is 0 Å². The maximum Gasteiger partial charge on any atom is 0.240 e. The zero-order chi connectivity index (χ0) is 22.1. The van der Waals surface area contributed by atoms with Gasteiger partial charge in [0, 0.05) is 24.1 Å². The van der Waals surface area contributed by atoms with Gasteiger partial charge in [0.2, 0.25) is 11.8 Å². The van der Waals surface area contributed by atoms with E-state index in [1.165, 1.54) is 0 Å². The van der Waals surface area contributed by atoms with Crippen LogP contribution in [0.1, 0.15) is 37.3 Å². The summed E-state index contributed by atoms with van der Waals surface area (Å²) in [4.78, 5) is 24.3. The molecule has 0 aromatic heterocycles. The highest BCUT2D eigenvalue weighted by atomic mass is 16.5. The lowest BCUT2D eigenvalue weighted by molar-refractivity contribution is -0.124. The van der Waals surface area contributed by atoms with E-state index in [1.807, 2.05) is 74.5 Å². The van der Waals surface area contributed by atoms with Gasteiger partial charge >= 0.3 is 0 Å². The topological polar surface area (TPSA) is 79.8 Å². The third-order valence-electron chi connectivity index (χ3n) is 4.77. The zero-order valence-corrected chi connectivity index (χ0v) is 17.9. The highest BCUT2D eigenvalue weighted by Gasteiger charge is 2.09. The Morgan fingerprint density at radius 3 is 2.52 bits per heavy atom. The largest absolute Gasteiger partial charge is 0.493 e. The van der Waals surface area contributed by atoms with Crippen LogP contribution in [0.25, 0.3) is 10.8 Å². The van der Waals surface area contributed by atoms with E-state index in [-0.39, 0.29) is 24.7 Å². The molecule has 0 saturated heterocycles. The second-order valence-corrected chi connectivity index (χ2v) is 7.20. The summed E-state index contributed by atoms with van der Waals surface area (Å²) in [5, 5.41) is 8.98. The lowest BCUT2D eigenvalue weighted by Crippen LogP contribution is -2.21. The maximum atomic E-state index is 12.1. The van der Waals surface area contributed by atoms with Crippen LogP contribution in [0.5, 0.6) is 5.75 Å². The minimum Gasteiger partial charge on any atom is -0.493 e. The van der Waals surface area contributed by atoms with Crippen molar-refractivity contribution in [2.24, 2.45) is 5.10 Å². The summed E-state index contributed by atoms with van der Waals surface area (Å²) in [6.45, 7) is 4.56. The fourth-order valence-corrected chi connectivity index (χ4v) is 3.12. The molecule has 2 N–H and O–H groups in total. The summed E-state index contributed by atoms with van der Waals surface area (Å²) in [5.41, 5.74) is 5.04. The number of rotatable bonds is 9. The molecule has 0 heterocycles. The number of hydrazone groups is 1. The summed E-state index contributed by atoms with van der Waals surface area (Å²) in [5.74, 6) is 0.182. The van der Waals surface area contributed by atoms with E-state index in [0.29, 0.717) is 6.61 Å². The molecule has 160 valence electrons. The molecule has 3 aromatic rings. The Balaban J connectivity index is 1.59. The molecule has 0 aliphatic rings. The lowest BCUT2D eigenvalue weighted by Gasteiger charge is -2.11. The number of carbonyl (C=O) groups is 2. The Morgan fingerprint density at radius 1 is 0.968 bits per heavy atom. The summed E-state index contributed by atoms with van der Waals surface area (Å²) in [7, 11) is 0. The van der Waals surface area contributed by atoms with E-state index >= 15 is 0 Å². The molecule has 3 aromatic carbocycles. The van der Waals surface area contributed by atoms with E-state index in [0.717, 1.165) is 39.8 Å². The van der Waals surface area contributed by atoms with Crippen molar-refractivity contribution in [2.75, 3.05) is 11.9 Å². The molecule has 6 nitrogen and oxygen atoms in total. The highest BCUT2D eigenvalue weighted by Crippen LogP contribution is 2.26. The Hall–Kier alpha value is -3.67. The number of amides is 2. The molecule has 0 atom stereocenters. The minimum absolute atomic E-state index is 0.0454. The van der Waals surface area contributed by atoms with Gasteiger partial charge in [0.15, 0.2) is 0 Å². The van der Waals surface area contributed by atoms with Crippen molar-refractivity contribution in [1.29, 1.82) is 0 Å². The monoisotopic (exact) mass is 417 g/mol. The molecular formula is C25H27N3O3. The molecule has 3 rings (SSSR count). The second-order valence-electron chi connectivity index (χ2n) is 7.20. The van der Waals surface area contributed by atoms with Gasteiger partial charge in [0.05, 0.1) is 12.8 Å². The third-order valence-corrected chi connectivity index (χ3v) is 4.77. The first-order valence-corrected chi connectivity index (χ1v) is 10.4. The van der Waals surface area contributed by atoms with E-state index < -0.39 is 0 Å². The number of carbonyl (C=O) groups excluding carboxylic acids is 2. The van der Waals surface area contributed by atoms with Gasteiger partial charge in [-0.25, -0.2) is 5.43 Å². The summed E-state index contributed by atoms with van der Waals surface area (Å²) in [6.07, 6.45) is 2.61. The van der Waals surface area contributed by atoms with Gasteiger partial charge in [0.25, 0.3) is 0 Å². The third kappa shape index (κ3) is 6.15. The lowest BCUT2D eigenvalue weighted by atomic mass is 10.0. The van der Waals surface area contributed by atoms with Gasteiger partial charge in [0.1, 0.15) is 5.75 Å². The average molecular weight is 418 g/mol. The Labute approximate surface area is 182 Å². The van der Waals surface area contributed by atoms with Gasteiger partial charge in [-0.2, -0.15) is 5.10 Å². The number of anilines is 1. The normalized spacial score (nSPS) is 10.9. The van der Waals surface area contributed by atoms with Crippen molar-refractivity contribution in [3.63, 3.8) is 0 Å². The summed E-state index contributed by atoms with van der Waals surface area (Å²) in [6, 6.07) is 19.4. The Morgan fingerprint density at radius 2 is 1.71 bits per heavy atom. The second kappa shape index (κ2) is 10.9. The van der Waals surface area contributed by atoms with Crippen LogP contribution < -0.4 is 15.5 Å². The first kappa shape index (κ1) is 22.0. The quantitative estimate of drug-likeness (QED) is 0.387. The molecule has 2 amide bonds. The van der Waals surface area contributed by atoms with Crippen molar-refractivity contribution in [2.45, 2.75) is 33.1 Å². The number of nitrogens with one attached hydrogen (secondary N) is 2.